The van der Waals surface area contributed by atoms with Crippen LogP contribution in [-0.4, -0.2) is 42.6 Å². The number of nitrogens with one attached hydrogen (secondary N) is 2. The molecule has 1 aromatic rings. The molecule has 128 valence electrons. The summed E-state index contributed by atoms with van der Waals surface area (Å²) in [6, 6.07) is 7.69. The quantitative estimate of drug-likeness (QED) is 0.647. The molecule has 0 saturated carbocycles. The van der Waals surface area contributed by atoms with Crippen LogP contribution in [0.5, 0.6) is 0 Å². The molecule has 1 aliphatic heterocycles. The zero-order chi connectivity index (χ0) is 16.7. The molecule has 0 amide bonds. The molecule has 0 aromatic heterocycles. The van der Waals surface area contributed by atoms with Gasteiger partial charge in [0.2, 0.25) is 0 Å². The largest absolute Gasteiger partial charge is 0.357 e. The van der Waals surface area contributed by atoms with Crippen LogP contribution in [0, 0.1) is 5.82 Å². The molecule has 0 atom stereocenters. The number of benzene rings is 1. The SMILES string of the molecule is CCNC(=NCc1cccc(F)c1)NC1CCN(C(C)C)CC1. The predicted molar refractivity (Wildman–Crippen MR) is 94.1 cm³/mol. The van der Waals surface area contributed by atoms with E-state index in [1.165, 1.54) is 12.1 Å². The Morgan fingerprint density at radius 1 is 1.35 bits per heavy atom. The lowest BCUT2D eigenvalue weighted by molar-refractivity contribution is 0.167. The topological polar surface area (TPSA) is 39.7 Å². The summed E-state index contributed by atoms with van der Waals surface area (Å²) in [6.45, 7) is 10.1. The second-order valence-electron chi connectivity index (χ2n) is 6.37. The number of likely N-dealkylation sites (tertiary alicyclic amines) is 1. The van der Waals surface area contributed by atoms with E-state index in [1.807, 2.05) is 6.07 Å². The van der Waals surface area contributed by atoms with Crippen LogP contribution in [0.3, 0.4) is 0 Å². The number of piperidine rings is 1. The van der Waals surface area contributed by atoms with Crippen molar-refractivity contribution in [3.05, 3.63) is 35.6 Å². The monoisotopic (exact) mass is 320 g/mol. The van der Waals surface area contributed by atoms with Crippen molar-refractivity contribution in [1.29, 1.82) is 0 Å². The van der Waals surface area contributed by atoms with Gasteiger partial charge in [0.15, 0.2) is 5.96 Å². The summed E-state index contributed by atoms with van der Waals surface area (Å²) in [4.78, 5) is 7.10. The Kier molecular flexibility index (Phi) is 6.84. The van der Waals surface area contributed by atoms with E-state index >= 15 is 0 Å². The molecule has 0 spiro atoms. The molecule has 1 aliphatic rings. The smallest absolute Gasteiger partial charge is 0.191 e. The molecule has 2 rings (SSSR count). The van der Waals surface area contributed by atoms with E-state index in [0.717, 1.165) is 44.0 Å². The van der Waals surface area contributed by atoms with E-state index in [0.29, 0.717) is 18.6 Å². The van der Waals surface area contributed by atoms with E-state index in [1.54, 1.807) is 6.07 Å². The number of halogens is 1. The normalized spacial score (nSPS) is 17.5. The third-order valence-electron chi connectivity index (χ3n) is 4.25. The minimum atomic E-state index is -0.211. The lowest BCUT2D eigenvalue weighted by atomic mass is 10.0. The first kappa shape index (κ1) is 17.7. The molecule has 1 aromatic carbocycles. The second-order valence-corrected chi connectivity index (χ2v) is 6.37. The summed E-state index contributed by atoms with van der Waals surface area (Å²) in [6.07, 6.45) is 2.26. The van der Waals surface area contributed by atoms with Crippen LogP contribution < -0.4 is 10.6 Å². The van der Waals surface area contributed by atoms with E-state index in [9.17, 15) is 4.39 Å². The Bertz CT molecular complexity index is 507. The van der Waals surface area contributed by atoms with Crippen LogP contribution in [0.25, 0.3) is 0 Å². The van der Waals surface area contributed by atoms with Crippen molar-refractivity contribution in [1.82, 2.24) is 15.5 Å². The highest BCUT2D eigenvalue weighted by molar-refractivity contribution is 5.80. The number of rotatable bonds is 5. The van der Waals surface area contributed by atoms with Crippen molar-refractivity contribution >= 4 is 5.96 Å². The van der Waals surface area contributed by atoms with Crippen molar-refractivity contribution in [3.8, 4) is 0 Å². The second kappa shape index (κ2) is 8.87. The first-order valence-corrected chi connectivity index (χ1v) is 8.61. The summed E-state index contributed by atoms with van der Waals surface area (Å²) >= 11 is 0. The molecule has 1 fully saturated rings. The van der Waals surface area contributed by atoms with Gasteiger partial charge >= 0.3 is 0 Å². The fourth-order valence-electron chi connectivity index (χ4n) is 2.88. The number of hydrogen-bond acceptors (Lipinski definition) is 2. The molecular weight excluding hydrogens is 291 g/mol. The van der Waals surface area contributed by atoms with E-state index in [4.69, 9.17) is 0 Å². The maximum atomic E-state index is 13.2. The minimum Gasteiger partial charge on any atom is -0.357 e. The minimum absolute atomic E-state index is 0.211. The summed E-state index contributed by atoms with van der Waals surface area (Å²) in [5.41, 5.74) is 0.886. The van der Waals surface area contributed by atoms with E-state index < -0.39 is 0 Å². The maximum absolute atomic E-state index is 13.2. The number of nitrogens with zero attached hydrogens (tertiary/aromatic N) is 2. The average molecular weight is 320 g/mol. The van der Waals surface area contributed by atoms with Gasteiger partial charge in [0.05, 0.1) is 6.54 Å². The molecule has 0 unspecified atom stereocenters. The van der Waals surface area contributed by atoms with Gasteiger partial charge in [0, 0.05) is 31.7 Å². The first-order valence-electron chi connectivity index (χ1n) is 8.61. The molecule has 5 heteroatoms. The number of hydrogen-bond donors (Lipinski definition) is 2. The Hall–Kier alpha value is -1.62. The van der Waals surface area contributed by atoms with Gasteiger partial charge in [-0.25, -0.2) is 9.38 Å². The van der Waals surface area contributed by atoms with Crippen molar-refractivity contribution in [2.45, 2.75) is 52.2 Å². The van der Waals surface area contributed by atoms with Crippen molar-refractivity contribution in [2.24, 2.45) is 4.99 Å². The van der Waals surface area contributed by atoms with Gasteiger partial charge in [0.1, 0.15) is 5.82 Å². The van der Waals surface area contributed by atoms with Crippen LogP contribution in [0.15, 0.2) is 29.3 Å². The van der Waals surface area contributed by atoms with Crippen molar-refractivity contribution < 1.29 is 4.39 Å². The Balaban J connectivity index is 1.89. The predicted octanol–water partition coefficient (Wildman–Crippen LogP) is 2.75. The molecule has 0 bridgehead atoms. The number of aliphatic imine (C=N–C) groups is 1. The van der Waals surface area contributed by atoms with Gasteiger partial charge in [-0.2, -0.15) is 0 Å². The van der Waals surface area contributed by atoms with Gasteiger partial charge in [-0.1, -0.05) is 12.1 Å². The van der Waals surface area contributed by atoms with E-state index in [-0.39, 0.29) is 5.82 Å². The van der Waals surface area contributed by atoms with Gasteiger partial charge in [-0.05, 0) is 51.3 Å². The third-order valence-corrected chi connectivity index (χ3v) is 4.25. The highest BCUT2D eigenvalue weighted by Crippen LogP contribution is 2.13. The van der Waals surface area contributed by atoms with Gasteiger partial charge in [-0.15, -0.1) is 0 Å². The van der Waals surface area contributed by atoms with Crippen LogP contribution in [-0.2, 0) is 6.54 Å². The lowest BCUT2D eigenvalue weighted by Gasteiger charge is -2.35. The van der Waals surface area contributed by atoms with Gasteiger partial charge < -0.3 is 15.5 Å². The fourth-order valence-corrected chi connectivity index (χ4v) is 2.88. The summed E-state index contributed by atoms with van der Waals surface area (Å²) in [5, 5.41) is 6.80. The number of guanidine groups is 1. The average Bonchev–Trinajstić information content (AvgIpc) is 2.53. The Morgan fingerprint density at radius 2 is 2.09 bits per heavy atom. The highest BCUT2D eigenvalue weighted by atomic mass is 19.1. The molecule has 1 heterocycles. The van der Waals surface area contributed by atoms with Crippen molar-refractivity contribution in [2.75, 3.05) is 19.6 Å². The molecule has 4 nitrogen and oxygen atoms in total. The molecule has 0 radical (unpaired) electrons. The van der Waals surface area contributed by atoms with Crippen LogP contribution in [0.2, 0.25) is 0 Å². The molecule has 23 heavy (non-hydrogen) atoms. The highest BCUT2D eigenvalue weighted by Gasteiger charge is 2.21. The summed E-state index contributed by atoms with van der Waals surface area (Å²) < 4.78 is 13.2. The maximum Gasteiger partial charge on any atom is 0.191 e. The van der Waals surface area contributed by atoms with Crippen molar-refractivity contribution in [3.63, 3.8) is 0 Å². The standard InChI is InChI=1S/C18H29FN4/c1-4-20-18(21-13-15-6-5-7-16(19)12-15)22-17-8-10-23(11-9-17)14(2)3/h5-7,12,14,17H,4,8-11,13H2,1-3H3,(H2,20,21,22). The molecular formula is C18H29FN4. The Morgan fingerprint density at radius 3 is 2.70 bits per heavy atom. The van der Waals surface area contributed by atoms with Gasteiger partial charge in [-0.3, -0.25) is 0 Å². The summed E-state index contributed by atoms with van der Waals surface area (Å²) in [5.74, 6) is 0.608. The first-order chi connectivity index (χ1) is 11.1. The molecule has 2 N–H and O–H groups in total. The van der Waals surface area contributed by atoms with Crippen LogP contribution in [0.4, 0.5) is 4.39 Å². The van der Waals surface area contributed by atoms with E-state index in [2.05, 4.69) is 41.3 Å². The zero-order valence-corrected chi connectivity index (χ0v) is 14.5. The Labute approximate surface area is 139 Å². The van der Waals surface area contributed by atoms with Crippen LogP contribution in [0.1, 0.15) is 39.2 Å². The molecule has 1 saturated heterocycles. The summed E-state index contributed by atoms with van der Waals surface area (Å²) in [7, 11) is 0. The molecule has 0 aliphatic carbocycles. The zero-order valence-electron chi connectivity index (χ0n) is 14.5. The lowest BCUT2D eigenvalue weighted by Crippen LogP contribution is -2.49. The fraction of sp³-hybridized carbons (Fsp3) is 0.611. The third kappa shape index (κ3) is 5.82. The van der Waals surface area contributed by atoms with Gasteiger partial charge in [0.25, 0.3) is 0 Å². The van der Waals surface area contributed by atoms with Crippen LogP contribution >= 0.6 is 0 Å².